The van der Waals surface area contributed by atoms with E-state index >= 15 is 0 Å². The Labute approximate surface area is 188 Å². The van der Waals surface area contributed by atoms with Crippen LogP contribution in [0.25, 0.3) is 0 Å². The Balaban J connectivity index is 1.60. The van der Waals surface area contributed by atoms with Crippen molar-refractivity contribution >= 4 is 23.8 Å². The van der Waals surface area contributed by atoms with Gasteiger partial charge in [-0.3, -0.25) is 19.6 Å². The van der Waals surface area contributed by atoms with Crippen LogP contribution in [0.4, 0.5) is 5.69 Å². The molecule has 0 bridgehead atoms. The lowest BCUT2D eigenvalue weighted by Crippen LogP contribution is -2.24. The normalized spacial score (nSPS) is 10.8. The Kier molecular flexibility index (Phi) is 7.13. The molecule has 170 valence electrons. The van der Waals surface area contributed by atoms with Crippen molar-refractivity contribution in [1.29, 1.82) is 0 Å². The van der Waals surface area contributed by atoms with Crippen LogP contribution >= 0.6 is 0 Å². The van der Waals surface area contributed by atoms with Crippen molar-refractivity contribution < 1.29 is 24.0 Å². The van der Waals surface area contributed by atoms with Crippen LogP contribution < -0.4 is 14.9 Å². The quantitative estimate of drug-likeness (QED) is 0.183. The number of methoxy groups -OCH3 is 1. The van der Waals surface area contributed by atoms with Crippen LogP contribution in [0.3, 0.4) is 0 Å². The van der Waals surface area contributed by atoms with E-state index in [0.29, 0.717) is 22.6 Å². The minimum Gasteiger partial charge on any atom is -0.497 e. The number of hydrogen-bond acceptors (Lipinski definition) is 8. The number of benzene rings is 2. The Morgan fingerprint density at radius 3 is 2.61 bits per heavy atom. The number of hydrogen-bond donors (Lipinski definition) is 1. The molecular weight excluding hydrogens is 430 g/mol. The van der Waals surface area contributed by atoms with Gasteiger partial charge in [-0.15, -0.1) is 0 Å². The average Bonchev–Trinajstić information content (AvgIpc) is 3.06. The van der Waals surface area contributed by atoms with E-state index in [0.717, 1.165) is 0 Å². The Morgan fingerprint density at radius 1 is 1.18 bits per heavy atom. The molecule has 2 aromatic carbocycles. The molecule has 1 heterocycles. The molecule has 11 nitrogen and oxygen atoms in total. The number of hydrazone groups is 1. The molecule has 0 saturated heterocycles. The summed E-state index contributed by atoms with van der Waals surface area (Å²) in [5, 5.41) is 19.0. The van der Waals surface area contributed by atoms with Crippen molar-refractivity contribution in [2.24, 2.45) is 5.10 Å². The topological polar surface area (TPSA) is 138 Å². The van der Waals surface area contributed by atoms with Crippen LogP contribution in [0, 0.1) is 24.0 Å². The number of nitrogens with zero attached hydrogens (tertiary/aromatic N) is 4. The molecule has 0 spiro atoms. The maximum atomic E-state index is 12.3. The van der Waals surface area contributed by atoms with E-state index in [9.17, 15) is 19.7 Å². The zero-order valence-corrected chi connectivity index (χ0v) is 18.1. The third-order valence-corrected chi connectivity index (χ3v) is 4.60. The van der Waals surface area contributed by atoms with Crippen molar-refractivity contribution in [2.75, 3.05) is 7.11 Å². The minimum atomic E-state index is -0.546. The lowest BCUT2D eigenvalue weighted by molar-refractivity contribution is -0.386. The summed E-state index contributed by atoms with van der Waals surface area (Å²) in [6.07, 6.45) is 1.38. The molecule has 0 radical (unpaired) electrons. The van der Waals surface area contributed by atoms with Gasteiger partial charge in [0.1, 0.15) is 29.4 Å². The van der Waals surface area contributed by atoms with E-state index in [2.05, 4.69) is 15.6 Å². The average molecular weight is 451 g/mol. The van der Waals surface area contributed by atoms with Crippen LogP contribution in [-0.2, 0) is 11.3 Å². The molecule has 1 aromatic heterocycles. The fourth-order valence-electron chi connectivity index (χ4n) is 3.03. The van der Waals surface area contributed by atoms with Gasteiger partial charge in [0.15, 0.2) is 0 Å². The summed E-state index contributed by atoms with van der Waals surface area (Å²) >= 11 is 0. The van der Waals surface area contributed by atoms with Gasteiger partial charge < -0.3 is 9.47 Å². The number of amides is 1. The fraction of sp³-hybridized carbons (Fsp3) is 0.182. The van der Waals surface area contributed by atoms with E-state index in [-0.39, 0.29) is 23.6 Å². The molecule has 3 aromatic rings. The first kappa shape index (κ1) is 23.1. The second kappa shape index (κ2) is 10.2. The standard InChI is InChI=1S/C22H21N5O6/c1-14-21(27(30)31)15(2)26(25-14)13-20(28)24-23-12-16-6-4-9-19(10-16)33-22(29)17-7-5-8-18(11-17)32-3/h4-12H,13H2,1-3H3,(H,24,28). The van der Waals surface area contributed by atoms with Crippen molar-refractivity contribution in [3.8, 4) is 11.5 Å². The van der Waals surface area contributed by atoms with Crippen LogP contribution in [0.2, 0.25) is 0 Å². The molecule has 0 fully saturated rings. The van der Waals surface area contributed by atoms with Crippen molar-refractivity contribution in [3.63, 3.8) is 0 Å². The molecule has 0 saturated carbocycles. The number of carbonyl (C=O) groups is 2. The summed E-state index contributed by atoms with van der Waals surface area (Å²) in [7, 11) is 1.51. The highest BCUT2D eigenvalue weighted by molar-refractivity contribution is 5.91. The van der Waals surface area contributed by atoms with Gasteiger partial charge in [-0.05, 0) is 49.7 Å². The van der Waals surface area contributed by atoms with Crippen LogP contribution in [0.15, 0.2) is 53.6 Å². The van der Waals surface area contributed by atoms with Crippen molar-refractivity contribution in [3.05, 3.63) is 81.2 Å². The number of ether oxygens (including phenoxy) is 2. The second-order valence-electron chi connectivity index (χ2n) is 6.92. The number of aryl methyl sites for hydroxylation is 1. The molecule has 0 unspecified atom stereocenters. The summed E-state index contributed by atoms with van der Waals surface area (Å²) in [5.41, 5.74) is 3.65. The fourth-order valence-corrected chi connectivity index (χ4v) is 3.03. The first-order valence-corrected chi connectivity index (χ1v) is 9.75. The van der Waals surface area contributed by atoms with E-state index in [1.807, 2.05) is 0 Å². The number of nitrogens with one attached hydrogen (secondary N) is 1. The lowest BCUT2D eigenvalue weighted by Gasteiger charge is -2.06. The van der Waals surface area contributed by atoms with Crippen LogP contribution in [-0.4, -0.2) is 39.9 Å². The Morgan fingerprint density at radius 2 is 1.91 bits per heavy atom. The summed E-state index contributed by atoms with van der Waals surface area (Å²) in [6, 6.07) is 13.2. The number of aromatic nitrogens is 2. The largest absolute Gasteiger partial charge is 0.497 e. The number of nitro groups is 1. The summed E-state index contributed by atoms with van der Waals surface area (Å²) in [5.74, 6) is -0.216. The minimum absolute atomic E-state index is 0.119. The maximum absolute atomic E-state index is 12.3. The molecule has 0 atom stereocenters. The van der Waals surface area contributed by atoms with Crippen LogP contribution in [0.1, 0.15) is 27.3 Å². The summed E-state index contributed by atoms with van der Waals surface area (Å²) in [6.45, 7) is 2.80. The highest BCUT2D eigenvalue weighted by atomic mass is 16.6. The third-order valence-electron chi connectivity index (χ3n) is 4.60. The predicted molar refractivity (Wildman–Crippen MR) is 118 cm³/mol. The third kappa shape index (κ3) is 5.79. The molecule has 0 aliphatic rings. The molecule has 0 aliphatic heterocycles. The van der Waals surface area contributed by atoms with E-state index in [1.165, 1.54) is 31.9 Å². The zero-order chi connectivity index (χ0) is 24.0. The summed E-state index contributed by atoms with van der Waals surface area (Å²) < 4.78 is 11.7. The molecule has 1 amide bonds. The highest BCUT2D eigenvalue weighted by Gasteiger charge is 2.22. The van der Waals surface area contributed by atoms with E-state index in [4.69, 9.17) is 9.47 Å². The first-order valence-electron chi connectivity index (χ1n) is 9.75. The monoisotopic (exact) mass is 451 g/mol. The Bertz CT molecular complexity index is 1230. The smallest absolute Gasteiger partial charge is 0.343 e. The van der Waals surface area contributed by atoms with Crippen molar-refractivity contribution in [2.45, 2.75) is 20.4 Å². The number of carbonyl (C=O) groups excluding carboxylic acids is 2. The van der Waals surface area contributed by atoms with Gasteiger partial charge >= 0.3 is 11.7 Å². The second-order valence-corrected chi connectivity index (χ2v) is 6.92. The Hall–Kier alpha value is -4.54. The highest BCUT2D eigenvalue weighted by Crippen LogP contribution is 2.21. The predicted octanol–water partition coefficient (Wildman–Crippen LogP) is 2.79. The molecule has 11 heteroatoms. The van der Waals surface area contributed by atoms with E-state index in [1.54, 1.807) is 48.5 Å². The lowest BCUT2D eigenvalue weighted by atomic mass is 10.2. The SMILES string of the molecule is COc1cccc(C(=O)Oc2cccc(C=NNC(=O)Cn3nc(C)c([N+](=O)[O-])c3C)c2)c1. The van der Waals surface area contributed by atoms with Crippen LogP contribution in [0.5, 0.6) is 11.5 Å². The number of rotatable bonds is 8. The summed E-state index contributed by atoms with van der Waals surface area (Å²) in [4.78, 5) is 35.0. The maximum Gasteiger partial charge on any atom is 0.343 e. The van der Waals surface area contributed by atoms with Gasteiger partial charge in [-0.25, -0.2) is 10.2 Å². The van der Waals surface area contributed by atoms with E-state index < -0.39 is 16.8 Å². The van der Waals surface area contributed by atoms with Gasteiger partial charge in [0.05, 0.1) is 23.8 Å². The van der Waals surface area contributed by atoms with Gasteiger partial charge in [0.2, 0.25) is 0 Å². The molecule has 3 rings (SSSR count). The molecule has 0 aliphatic carbocycles. The van der Waals surface area contributed by atoms with Gasteiger partial charge in [0.25, 0.3) is 5.91 Å². The first-order chi connectivity index (χ1) is 15.8. The van der Waals surface area contributed by atoms with Gasteiger partial charge in [0, 0.05) is 0 Å². The zero-order valence-electron chi connectivity index (χ0n) is 18.1. The van der Waals surface area contributed by atoms with Crippen molar-refractivity contribution in [1.82, 2.24) is 15.2 Å². The molecule has 33 heavy (non-hydrogen) atoms. The molecular formula is C22H21N5O6. The number of esters is 1. The van der Waals surface area contributed by atoms with Gasteiger partial charge in [-0.1, -0.05) is 18.2 Å². The van der Waals surface area contributed by atoms with Gasteiger partial charge in [-0.2, -0.15) is 10.2 Å². The molecule has 1 N–H and O–H groups in total.